The Kier molecular flexibility index (Phi) is 8.90. The second-order valence-electron chi connectivity index (χ2n) is 6.32. The number of benzene rings is 1. The van der Waals surface area contributed by atoms with Crippen molar-refractivity contribution < 1.29 is 28.6 Å². The van der Waals surface area contributed by atoms with Gasteiger partial charge < -0.3 is 24.8 Å². The van der Waals surface area contributed by atoms with E-state index in [1.54, 1.807) is 6.92 Å². The molecule has 0 unspecified atom stereocenters. The fourth-order valence-electron chi connectivity index (χ4n) is 2.68. The molecule has 1 aliphatic heterocycles. The molecule has 8 heteroatoms. The predicted octanol–water partition coefficient (Wildman–Crippen LogP) is 0.587. The van der Waals surface area contributed by atoms with Gasteiger partial charge in [0.05, 0.1) is 6.61 Å². The van der Waals surface area contributed by atoms with Crippen LogP contribution in [0.1, 0.15) is 25.8 Å². The molecule has 0 radical (unpaired) electrons. The Hall–Kier alpha value is -2.45. The molecule has 1 heterocycles. The summed E-state index contributed by atoms with van der Waals surface area (Å²) in [5, 5.41) is 5.51. The summed E-state index contributed by atoms with van der Waals surface area (Å²) in [6.07, 6.45) is -0.794. The van der Waals surface area contributed by atoms with Crippen LogP contribution in [0.4, 0.5) is 0 Å². The van der Waals surface area contributed by atoms with Gasteiger partial charge in [0.25, 0.3) is 5.91 Å². The lowest BCUT2D eigenvalue weighted by Crippen LogP contribution is -2.49. The van der Waals surface area contributed by atoms with Crippen LogP contribution in [0.5, 0.6) is 0 Å². The van der Waals surface area contributed by atoms with Crippen molar-refractivity contribution in [3.8, 4) is 0 Å². The Labute approximate surface area is 164 Å². The molecule has 1 aromatic rings. The molecule has 2 N–H and O–H groups in total. The number of carbonyl (C=O) groups excluding carboxylic acids is 3. The van der Waals surface area contributed by atoms with E-state index in [1.165, 1.54) is 0 Å². The van der Waals surface area contributed by atoms with Crippen LogP contribution in [0, 0.1) is 0 Å². The number of ether oxygens (including phenoxy) is 3. The van der Waals surface area contributed by atoms with Crippen molar-refractivity contribution in [2.45, 2.75) is 44.9 Å². The quantitative estimate of drug-likeness (QED) is 0.306. The Bertz CT molecular complexity index is 651. The van der Waals surface area contributed by atoms with E-state index in [9.17, 15) is 14.4 Å². The van der Waals surface area contributed by atoms with E-state index >= 15 is 0 Å². The lowest BCUT2D eigenvalue weighted by Gasteiger charge is -2.18. The van der Waals surface area contributed by atoms with Crippen LogP contribution in [-0.2, 0) is 35.0 Å². The predicted molar refractivity (Wildman–Crippen MR) is 101 cm³/mol. The van der Waals surface area contributed by atoms with Gasteiger partial charge in [-0.1, -0.05) is 30.3 Å². The second-order valence-corrected chi connectivity index (χ2v) is 6.32. The fourth-order valence-corrected chi connectivity index (χ4v) is 2.68. The highest BCUT2D eigenvalue weighted by molar-refractivity contribution is 5.95. The Morgan fingerprint density at radius 2 is 1.86 bits per heavy atom. The van der Waals surface area contributed by atoms with Gasteiger partial charge in [-0.15, -0.1) is 0 Å². The number of hydrogen-bond donors (Lipinski definition) is 2. The van der Waals surface area contributed by atoms with Crippen LogP contribution >= 0.6 is 0 Å². The summed E-state index contributed by atoms with van der Waals surface area (Å²) >= 11 is 0. The van der Waals surface area contributed by atoms with Crippen molar-refractivity contribution in [3.63, 3.8) is 0 Å². The van der Waals surface area contributed by atoms with Crippen molar-refractivity contribution in [2.75, 3.05) is 26.4 Å². The number of esters is 1. The molecule has 0 saturated carbocycles. The van der Waals surface area contributed by atoms with Crippen LogP contribution in [0.2, 0.25) is 0 Å². The second kappa shape index (κ2) is 11.4. The lowest BCUT2D eigenvalue weighted by atomic mass is 10.0. The van der Waals surface area contributed by atoms with Crippen LogP contribution in [0.3, 0.4) is 0 Å². The fraction of sp³-hybridized carbons (Fsp3) is 0.550. The highest BCUT2D eigenvalue weighted by Crippen LogP contribution is 2.23. The van der Waals surface area contributed by atoms with Crippen LogP contribution < -0.4 is 10.6 Å². The first kappa shape index (κ1) is 21.8. The Balaban J connectivity index is 1.91. The van der Waals surface area contributed by atoms with Crippen molar-refractivity contribution in [3.05, 3.63) is 35.9 Å². The summed E-state index contributed by atoms with van der Waals surface area (Å²) in [6.45, 7) is 5.45. The van der Waals surface area contributed by atoms with Crippen molar-refractivity contribution in [1.82, 2.24) is 10.6 Å². The normalized spacial score (nSPS) is 18.8. The molecule has 1 aromatic carbocycles. The largest absolute Gasteiger partial charge is 0.464 e. The lowest BCUT2D eigenvalue weighted by molar-refractivity contribution is -0.144. The highest BCUT2D eigenvalue weighted by Gasteiger charge is 2.52. The van der Waals surface area contributed by atoms with E-state index < -0.39 is 30.1 Å². The van der Waals surface area contributed by atoms with Gasteiger partial charge in [-0.2, -0.15) is 0 Å². The number of nitrogens with one attached hydrogen (secondary N) is 2. The third-order valence-electron chi connectivity index (χ3n) is 4.15. The zero-order chi connectivity index (χ0) is 20.4. The summed E-state index contributed by atoms with van der Waals surface area (Å²) < 4.78 is 15.2. The van der Waals surface area contributed by atoms with Crippen molar-refractivity contribution >= 4 is 17.8 Å². The third kappa shape index (κ3) is 6.94. The summed E-state index contributed by atoms with van der Waals surface area (Å²) in [4.78, 5) is 36.6. The van der Waals surface area contributed by atoms with Crippen molar-refractivity contribution in [2.24, 2.45) is 0 Å². The van der Waals surface area contributed by atoms with Crippen LogP contribution in [-0.4, -0.2) is 62.4 Å². The molecule has 2 amide bonds. The Morgan fingerprint density at radius 3 is 2.54 bits per heavy atom. The van der Waals surface area contributed by atoms with Gasteiger partial charge in [0.15, 0.2) is 12.2 Å². The maximum Gasteiger partial charge on any atom is 0.338 e. The minimum Gasteiger partial charge on any atom is -0.464 e. The molecule has 0 spiro atoms. The van der Waals surface area contributed by atoms with E-state index in [0.717, 1.165) is 5.56 Å². The number of amides is 2. The molecule has 1 saturated heterocycles. The summed E-state index contributed by atoms with van der Waals surface area (Å²) in [6, 6.07) is 8.62. The minimum absolute atomic E-state index is 0.216. The van der Waals surface area contributed by atoms with Gasteiger partial charge in [0, 0.05) is 26.2 Å². The van der Waals surface area contributed by atoms with E-state index in [0.29, 0.717) is 32.6 Å². The first-order chi connectivity index (χ1) is 13.6. The molecular formula is C20H28N2O6. The zero-order valence-electron chi connectivity index (χ0n) is 16.3. The SMILES string of the molecule is CCOCCCNC(=O)[C@H](Cc1ccccc1)NC(=O)[C@H]1O[C@@H]1C(=O)OCC. The molecule has 1 fully saturated rings. The summed E-state index contributed by atoms with van der Waals surface area (Å²) in [5.74, 6) is -1.35. The van der Waals surface area contributed by atoms with Gasteiger partial charge in [0.1, 0.15) is 6.04 Å². The average Bonchev–Trinajstić information content (AvgIpc) is 3.49. The smallest absolute Gasteiger partial charge is 0.338 e. The van der Waals surface area contributed by atoms with Gasteiger partial charge in [0.2, 0.25) is 5.91 Å². The Morgan fingerprint density at radius 1 is 1.11 bits per heavy atom. The monoisotopic (exact) mass is 392 g/mol. The molecule has 28 heavy (non-hydrogen) atoms. The molecular weight excluding hydrogens is 364 g/mol. The molecule has 0 aromatic heterocycles. The summed E-state index contributed by atoms with van der Waals surface area (Å²) in [7, 11) is 0. The zero-order valence-corrected chi connectivity index (χ0v) is 16.3. The number of carbonyl (C=O) groups is 3. The number of epoxide rings is 1. The van der Waals surface area contributed by atoms with Gasteiger partial charge >= 0.3 is 5.97 Å². The van der Waals surface area contributed by atoms with Gasteiger partial charge in [-0.05, 0) is 25.8 Å². The third-order valence-corrected chi connectivity index (χ3v) is 4.15. The maximum atomic E-state index is 12.6. The maximum absolute atomic E-state index is 12.6. The molecule has 1 aliphatic rings. The van der Waals surface area contributed by atoms with E-state index in [2.05, 4.69) is 10.6 Å². The molecule has 154 valence electrons. The van der Waals surface area contributed by atoms with E-state index in [1.807, 2.05) is 37.3 Å². The topological polar surface area (TPSA) is 106 Å². The highest BCUT2D eigenvalue weighted by atomic mass is 16.6. The van der Waals surface area contributed by atoms with Gasteiger partial charge in [-0.25, -0.2) is 4.79 Å². The van der Waals surface area contributed by atoms with Crippen molar-refractivity contribution in [1.29, 1.82) is 0 Å². The average molecular weight is 392 g/mol. The first-order valence-electron chi connectivity index (χ1n) is 9.58. The van der Waals surface area contributed by atoms with Gasteiger partial charge in [-0.3, -0.25) is 9.59 Å². The van der Waals surface area contributed by atoms with Crippen LogP contribution in [0.25, 0.3) is 0 Å². The molecule has 0 aliphatic carbocycles. The van der Waals surface area contributed by atoms with E-state index in [-0.39, 0.29) is 12.5 Å². The number of rotatable bonds is 12. The minimum atomic E-state index is -0.914. The molecule has 3 atom stereocenters. The molecule has 8 nitrogen and oxygen atoms in total. The first-order valence-corrected chi connectivity index (χ1v) is 9.58. The van der Waals surface area contributed by atoms with Crippen LogP contribution in [0.15, 0.2) is 30.3 Å². The molecule has 0 bridgehead atoms. The standard InChI is InChI=1S/C20H28N2O6/c1-3-26-12-8-11-21-18(23)15(13-14-9-6-5-7-10-14)22-19(24)16-17(28-16)20(25)27-4-2/h5-7,9-10,15-17H,3-4,8,11-13H2,1-2H3,(H,21,23)(H,22,24)/t15-,16-,17-/m0/s1. The van der Waals surface area contributed by atoms with E-state index in [4.69, 9.17) is 14.2 Å². The molecule has 2 rings (SSSR count). The number of hydrogen-bond acceptors (Lipinski definition) is 6. The summed E-state index contributed by atoms with van der Waals surface area (Å²) in [5.41, 5.74) is 0.913.